The van der Waals surface area contributed by atoms with E-state index in [9.17, 15) is 0 Å². The SMILES string of the molecule is [CH2-][C@H]1O[C@@H](C)CC1OCC.[Y]. The van der Waals surface area contributed by atoms with E-state index in [2.05, 4.69) is 13.8 Å². The van der Waals surface area contributed by atoms with Gasteiger partial charge in [0.05, 0.1) is 12.2 Å². The van der Waals surface area contributed by atoms with Gasteiger partial charge in [0.2, 0.25) is 0 Å². The third-order valence-electron chi connectivity index (χ3n) is 1.77. The largest absolute Gasteiger partial charge is 0.405 e. The fourth-order valence-electron chi connectivity index (χ4n) is 1.31. The van der Waals surface area contributed by atoms with Crippen LogP contribution in [0.1, 0.15) is 20.3 Å². The van der Waals surface area contributed by atoms with Gasteiger partial charge in [-0.25, -0.2) is 0 Å². The van der Waals surface area contributed by atoms with Crippen LogP contribution in [0.4, 0.5) is 0 Å². The van der Waals surface area contributed by atoms with Gasteiger partial charge in [0.25, 0.3) is 0 Å². The number of rotatable bonds is 2. The molecule has 0 aromatic carbocycles. The maximum atomic E-state index is 5.40. The van der Waals surface area contributed by atoms with Crippen molar-refractivity contribution in [3.05, 3.63) is 6.92 Å². The molecule has 1 saturated heterocycles. The van der Waals surface area contributed by atoms with Crippen molar-refractivity contribution in [1.29, 1.82) is 0 Å². The molecule has 1 rings (SSSR count). The van der Waals surface area contributed by atoms with Crippen molar-refractivity contribution in [1.82, 2.24) is 0 Å². The van der Waals surface area contributed by atoms with Crippen LogP contribution in [0.2, 0.25) is 0 Å². The Morgan fingerprint density at radius 2 is 2.27 bits per heavy atom. The second-order valence-electron chi connectivity index (χ2n) is 2.71. The molecular weight excluding hydrogens is 217 g/mol. The fourth-order valence-corrected chi connectivity index (χ4v) is 1.31. The third kappa shape index (κ3) is 3.50. The Morgan fingerprint density at radius 1 is 1.64 bits per heavy atom. The van der Waals surface area contributed by atoms with E-state index in [-0.39, 0.29) is 44.9 Å². The topological polar surface area (TPSA) is 18.5 Å². The molecule has 1 aliphatic rings. The summed E-state index contributed by atoms with van der Waals surface area (Å²) in [5.41, 5.74) is 0. The van der Waals surface area contributed by atoms with Gasteiger partial charge in [0.15, 0.2) is 0 Å². The summed E-state index contributed by atoms with van der Waals surface area (Å²) in [5.74, 6) is 0. The van der Waals surface area contributed by atoms with Crippen LogP contribution in [0.3, 0.4) is 0 Å². The maximum absolute atomic E-state index is 5.40. The molecule has 1 heterocycles. The molecular formula is C8H15O2Y-. The predicted octanol–water partition coefficient (Wildman–Crippen LogP) is 1.40. The molecule has 0 aliphatic carbocycles. The first kappa shape index (κ1) is 12.0. The standard InChI is InChI=1S/C8H15O2.Y/c1-4-9-8-5-6(2)10-7(8)3;/h6-8H,3-5H2,1-2H3;/q-1;/t6-,7+,8?;/m0./s1. The van der Waals surface area contributed by atoms with E-state index in [4.69, 9.17) is 9.47 Å². The molecule has 1 aliphatic heterocycles. The van der Waals surface area contributed by atoms with Crippen LogP contribution in [0.5, 0.6) is 0 Å². The minimum Gasteiger partial charge on any atom is -0.405 e. The van der Waals surface area contributed by atoms with Crippen LogP contribution in [0.15, 0.2) is 0 Å². The quantitative estimate of drug-likeness (QED) is 0.670. The summed E-state index contributed by atoms with van der Waals surface area (Å²) in [6.45, 7) is 8.65. The fraction of sp³-hybridized carbons (Fsp3) is 0.875. The summed E-state index contributed by atoms with van der Waals surface area (Å²) in [7, 11) is 0. The smallest absolute Gasteiger partial charge is 0.0579 e. The molecule has 0 aromatic rings. The molecule has 1 radical (unpaired) electrons. The van der Waals surface area contributed by atoms with Gasteiger partial charge in [-0.1, -0.05) is 0 Å². The van der Waals surface area contributed by atoms with Crippen molar-refractivity contribution in [2.75, 3.05) is 6.61 Å². The van der Waals surface area contributed by atoms with Gasteiger partial charge in [-0.2, -0.15) is 0 Å². The molecule has 0 amide bonds. The van der Waals surface area contributed by atoms with Crippen molar-refractivity contribution < 1.29 is 42.2 Å². The first-order valence-electron chi connectivity index (χ1n) is 3.84. The number of ether oxygens (including phenoxy) is 2. The van der Waals surface area contributed by atoms with Crippen LogP contribution in [0.25, 0.3) is 0 Å². The summed E-state index contributed by atoms with van der Waals surface area (Å²) in [4.78, 5) is 0. The first-order valence-corrected chi connectivity index (χ1v) is 3.84. The monoisotopic (exact) mass is 232 g/mol. The van der Waals surface area contributed by atoms with Crippen LogP contribution in [-0.2, 0) is 42.2 Å². The van der Waals surface area contributed by atoms with Crippen LogP contribution >= 0.6 is 0 Å². The van der Waals surface area contributed by atoms with E-state index in [1.807, 2.05) is 6.92 Å². The Morgan fingerprint density at radius 3 is 2.64 bits per heavy atom. The molecule has 3 heteroatoms. The molecule has 63 valence electrons. The molecule has 3 atom stereocenters. The zero-order chi connectivity index (χ0) is 7.56. The summed E-state index contributed by atoms with van der Waals surface area (Å²) < 4.78 is 10.8. The van der Waals surface area contributed by atoms with Gasteiger partial charge in [0, 0.05) is 39.3 Å². The average Bonchev–Trinajstić information content (AvgIpc) is 2.13. The van der Waals surface area contributed by atoms with Crippen molar-refractivity contribution in [3.8, 4) is 0 Å². The summed E-state index contributed by atoms with van der Waals surface area (Å²) in [5, 5.41) is 0. The normalized spacial score (nSPS) is 36.8. The van der Waals surface area contributed by atoms with Crippen LogP contribution in [-0.4, -0.2) is 24.9 Å². The summed E-state index contributed by atoms with van der Waals surface area (Å²) in [6, 6.07) is 0. The molecule has 11 heavy (non-hydrogen) atoms. The van der Waals surface area contributed by atoms with E-state index in [0.29, 0.717) is 6.10 Å². The predicted molar refractivity (Wildman–Crippen MR) is 39.7 cm³/mol. The maximum Gasteiger partial charge on any atom is 0.0579 e. The molecule has 1 unspecified atom stereocenters. The summed E-state index contributed by atoms with van der Waals surface area (Å²) in [6.07, 6.45) is 1.57. The van der Waals surface area contributed by atoms with Crippen molar-refractivity contribution in [2.24, 2.45) is 0 Å². The van der Waals surface area contributed by atoms with Gasteiger partial charge in [-0.3, -0.25) is 0 Å². The zero-order valence-electron chi connectivity index (χ0n) is 7.25. The number of hydrogen-bond donors (Lipinski definition) is 0. The molecule has 0 aromatic heterocycles. The van der Waals surface area contributed by atoms with Crippen LogP contribution < -0.4 is 0 Å². The molecule has 0 N–H and O–H groups in total. The second-order valence-corrected chi connectivity index (χ2v) is 2.71. The van der Waals surface area contributed by atoms with Gasteiger partial charge in [-0.05, 0) is 26.4 Å². The van der Waals surface area contributed by atoms with E-state index < -0.39 is 0 Å². The zero-order valence-corrected chi connectivity index (χ0v) is 10.1. The minimum atomic E-state index is 0. The summed E-state index contributed by atoms with van der Waals surface area (Å²) >= 11 is 0. The van der Waals surface area contributed by atoms with Crippen molar-refractivity contribution in [2.45, 2.75) is 38.6 Å². The Kier molecular flexibility index (Phi) is 6.16. The van der Waals surface area contributed by atoms with E-state index >= 15 is 0 Å². The van der Waals surface area contributed by atoms with E-state index in [1.165, 1.54) is 0 Å². The molecule has 2 nitrogen and oxygen atoms in total. The number of hydrogen-bond acceptors (Lipinski definition) is 2. The van der Waals surface area contributed by atoms with Gasteiger partial charge >= 0.3 is 0 Å². The van der Waals surface area contributed by atoms with E-state index in [0.717, 1.165) is 13.0 Å². The molecule has 1 fully saturated rings. The van der Waals surface area contributed by atoms with Gasteiger partial charge < -0.3 is 16.4 Å². The average molecular weight is 232 g/mol. The Balaban J connectivity index is 0.000001000. The molecule has 0 bridgehead atoms. The van der Waals surface area contributed by atoms with Crippen molar-refractivity contribution in [3.63, 3.8) is 0 Å². The first-order chi connectivity index (χ1) is 4.74. The molecule has 0 spiro atoms. The van der Waals surface area contributed by atoms with Crippen LogP contribution in [0, 0.1) is 6.92 Å². The Bertz CT molecular complexity index is 108. The van der Waals surface area contributed by atoms with Crippen molar-refractivity contribution >= 4 is 0 Å². The second kappa shape index (κ2) is 5.63. The minimum absolute atomic E-state index is 0. The van der Waals surface area contributed by atoms with Gasteiger partial charge in [-0.15, -0.1) is 0 Å². The van der Waals surface area contributed by atoms with Gasteiger partial charge in [0.1, 0.15) is 0 Å². The third-order valence-corrected chi connectivity index (χ3v) is 1.77. The molecule has 0 saturated carbocycles. The Hall–Kier alpha value is 1.02. The Labute approximate surface area is 93.9 Å². The van der Waals surface area contributed by atoms with E-state index in [1.54, 1.807) is 0 Å².